The van der Waals surface area contributed by atoms with E-state index in [1.165, 1.54) is 24.4 Å². The summed E-state index contributed by atoms with van der Waals surface area (Å²) >= 11 is 0. The second kappa shape index (κ2) is 5.58. The van der Waals surface area contributed by atoms with Gasteiger partial charge in [-0.25, -0.2) is 4.39 Å². The van der Waals surface area contributed by atoms with Crippen LogP contribution in [0.15, 0.2) is 42.7 Å². The largest absolute Gasteiger partial charge is 0.416 e. The third kappa shape index (κ3) is 3.54. The van der Waals surface area contributed by atoms with Crippen LogP contribution in [0.25, 0.3) is 0 Å². The van der Waals surface area contributed by atoms with Crippen molar-refractivity contribution in [2.24, 2.45) is 5.73 Å². The molecule has 0 saturated carbocycles. The molecule has 0 bridgehead atoms. The summed E-state index contributed by atoms with van der Waals surface area (Å²) in [5, 5.41) is 0. The Morgan fingerprint density at radius 2 is 1.75 bits per heavy atom. The second-order valence-corrected chi connectivity index (χ2v) is 4.44. The maximum absolute atomic E-state index is 13.0. The number of halogens is 4. The lowest BCUT2D eigenvalue weighted by molar-refractivity contribution is -0.137. The van der Waals surface area contributed by atoms with Gasteiger partial charge in [0.05, 0.1) is 11.8 Å². The van der Waals surface area contributed by atoms with Crippen LogP contribution >= 0.6 is 0 Å². The summed E-state index contributed by atoms with van der Waals surface area (Å²) in [5.41, 5.74) is 6.34. The maximum Gasteiger partial charge on any atom is 0.416 e. The van der Waals surface area contributed by atoms with E-state index in [2.05, 4.69) is 4.98 Å². The summed E-state index contributed by atoms with van der Waals surface area (Å²) in [6.07, 6.45) is -1.54. The number of hydrogen-bond acceptors (Lipinski definition) is 2. The van der Waals surface area contributed by atoms with E-state index in [0.717, 1.165) is 18.3 Å². The number of alkyl halides is 3. The topological polar surface area (TPSA) is 38.9 Å². The minimum Gasteiger partial charge on any atom is -0.324 e. The number of aromatic nitrogens is 1. The summed E-state index contributed by atoms with van der Waals surface area (Å²) in [6, 6.07) is 5.50. The normalized spacial score (nSPS) is 13.2. The average molecular weight is 284 g/mol. The van der Waals surface area contributed by atoms with Crippen molar-refractivity contribution in [3.05, 3.63) is 65.2 Å². The Kier molecular flexibility index (Phi) is 4.04. The highest BCUT2D eigenvalue weighted by atomic mass is 19.4. The number of benzene rings is 1. The van der Waals surface area contributed by atoms with Crippen LogP contribution in [0.4, 0.5) is 17.6 Å². The molecule has 0 amide bonds. The highest BCUT2D eigenvalue weighted by molar-refractivity contribution is 5.27. The van der Waals surface area contributed by atoms with Gasteiger partial charge in [-0.3, -0.25) is 4.98 Å². The summed E-state index contributed by atoms with van der Waals surface area (Å²) in [4.78, 5) is 3.69. The molecule has 1 aromatic heterocycles. The van der Waals surface area contributed by atoms with Crippen LogP contribution < -0.4 is 5.73 Å². The SMILES string of the molecule is NC(Cc1ccc(C(F)(F)F)cc1)c1cncc(F)c1. The van der Waals surface area contributed by atoms with Gasteiger partial charge in [0.15, 0.2) is 0 Å². The van der Waals surface area contributed by atoms with E-state index < -0.39 is 23.6 Å². The molecule has 2 nitrogen and oxygen atoms in total. The van der Waals surface area contributed by atoms with Crippen LogP contribution in [-0.4, -0.2) is 4.98 Å². The maximum atomic E-state index is 13.0. The van der Waals surface area contributed by atoms with Crippen molar-refractivity contribution < 1.29 is 17.6 Å². The predicted octanol–water partition coefficient (Wildman–Crippen LogP) is 3.48. The van der Waals surface area contributed by atoms with E-state index in [1.807, 2.05) is 0 Å². The number of rotatable bonds is 3. The Morgan fingerprint density at radius 3 is 2.30 bits per heavy atom. The Labute approximate surface area is 113 Å². The standard InChI is InChI=1S/C14H12F4N2/c15-12-6-10(7-20-8-12)13(19)5-9-1-3-11(4-2-9)14(16,17)18/h1-4,6-8,13H,5,19H2. The molecule has 1 atom stereocenters. The van der Waals surface area contributed by atoms with Crippen molar-refractivity contribution in [1.82, 2.24) is 4.98 Å². The summed E-state index contributed by atoms with van der Waals surface area (Å²) in [5.74, 6) is -0.495. The molecular formula is C14H12F4N2. The van der Waals surface area contributed by atoms with Gasteiger partial charge < -0.3 is 5.73 Å². The monoisotopic (exact) mass is 284 g/mol. The molecule has 0 aliphatic rings. The lowest BCUT2D eigenvalue weighted by atomic mass is 10.00. The third-order valence-corrected chi connectivity index (χ3v) is 2.89. The first-order chi connectivity index (χ1) is 9.36. The lowest BCUT2D eigenvalue weighted by Gasteiger charge is -2.13. The van der Waals surface area contributed by atoms with Gasteiger partial charge in [0.2, 0.25) is 0 Å². The molecule has 2 rings (SSSR count). The van der Waals surface area contributed by atoms with E-state index in [4.69, 9.17) is 5.73 Å². The molecule has 1 unspecified atom stereocenters. The zero-order valence-corrected chi connectivity index (χ0v) is 10.4. The van der Waals surface area contributed by atoms with E-state index in [9.17, 15) is 17.6 Å². The van der Waals surface area contributed by atoms with E-state index in [-0.39, 0.29) is 0 Å². The van der Waals surface area contributed by atoms with Crippen LogP contribution in [0.5, 0.6) is 0 Å². The molecule has 0 aliphatic carbocycles. The van der Waals surface area contributed by atoms with E-state index in [0.29, 0.717) is 17.5 Å². The smallest absolute Gasteiger partial charge is 0.324 e. The van der Waals surface area contributed by atoms with Crippen molar-refractivity contribution >= 4 is 0 Å². The first-order valence-corrected chi connectivity index (χ1v) is 5.88. The molecule has 0 radical (unpaired) electrons. The van der Waals surface area contributed by atoms with Crippen molar-refractivity contribution in [2.45, 2.75) is 18.6 Å². The zero-order chi connectivity index (χ0) is 14.8. The van der Waals surface area contributed by atoms with Gasteiger partial charge in [-0.05, 0) is 35.7 Å². The number of nitrogens with zero attached hydrogens (tertiary/aromatic N) is 1. The Balaban J connectivity index is 2.10. The molecule has 2 aromatic rings. The van der Waals surface area contributed by atoms with Crippen molar-refractivity contribution in [1.29, 1.82) is 0 Å². The zero-order valence-electron chi connectivity index (χ0n) is 10.4. The first kappa shape index (κ1) is 14.5. The minimum absolute atomic E-state index is 0.309. The molecule has 0 fully saturated rings. The lowest BCUT2D eigenvalue weighted by Crippen LogP contribution is -2.14. The van der Waals surface area contributed by atoms with Crippen molar-refractivity contribution in [3.8, 4) is 0 Å². The quantitative estimate of drug-likeness (QED) is 0.876. The molecule has 0 saturated heterocycles. The predicted molar refractivity (Wildman–Crippen MR) is 66.3 cm³/mol. The molecule has 1 heterocycles. The summed E-state index contributed by atoms with van der Waals surface area (Å²) in [7, 11) is 0. The molecule has 106 valence electrons. The summed E-state index contributed by atoms with van der Waals surface area (Å²) < 4.78 is 50.3. The fourth-order valence-electron chi connectivity index (χ4n) is 1.83. The molecule has 1 aromatic carbocycles. The number of nitrogens with two attached hydrogens (primary N) is 1. The molecule has 6 heteroatoms. The fourth-order valence-corrected chi connectivity index (χ4v) is 1.83. The number of pyridine rings is 1. The number of hydrogen-bond donors (Lipinski definition) is 1. The van der Waals surface area contributed by atoms with Gasteiger partial charge in [-0.2, -0.15) is 13.2 Å². The van der Waals surface area contributed by atoms with Gasteiger partial charge in [0.25, 0.3) is 0 Å². The Bertz CT molecular complexity index is 578. The van der Waals surface area contributed by atoms with Gasteiger partial charge in [-0.1, -0.05) is 12.1 Å². The average Bonchev–Trinajstić information content (AvgIpc) is 2.38. The molecular weight excluding hydrogens is 272 g/mol. The van der Waals surface area contributed by atoms with Crippen LogP contribution in [0.1, 0.15) is 22.7 Å². The van der Waals surface area contributed by atoms with Gasteiger partial charge >= 0.3 is 6.18 Å². The highest BCUT2D eigenvalue weighted by Gasteiger charge is 2.29. The Hall–Kier alpha value is -1.95. The van der Waals surface area contributed by atoms with Crippen molar-refractivity contribution in [2.75, 3.05) is 0 Å². The second-order valence-electron chi connectivity index (χ2n) is 4.44. The first-order valence-electron chi connectivity index (χ1n) is 5.88. The third-order valence-electron chi connectivity index (χ3n) is 2.89. The van der Waals surface area contributed by atoms with Crippen LogP contribution in [-0.2, 0) is 12.6 Å². The van der Waals surface area contributed by atoms with Gasteiger partial charge in [0.1, 0.15) is 5.82 Å². The van der Waals surface area contributed by atoms with Gasteiger partial charge in [0, 0.05) is 12.2 Å². The molecule has 0 aliphatic heterocycles. The summed E-state index contributed by atoms with van der Waals surface area (Å²) in [6.45, 7) is 0. The van der Waals surface area contributed by atoms with Crippen LogP contribution in [0, 0.1) is 5.82 Å². The fraction of sp³-hybridized carbons (Fsp3) is 0.214. The van der Waals surface area contributed by atoms with Gasteiger partial charge in [-0.15, -0.1) is 0 Å². The highest BCUT2D eigenvalue weighted by Crippen LogP contribution is 2.29. The molecule has 0 spiro atoms. The minimum atomic E-state index is -4.35. The molecule has 20 heavy (non-hydrogen) atoms. The van der Waals surface area contributed by atoms with E-state index in [1.54, 1.807) is 0 Å². The Morgan fingerprint density at radius 1 is 1.10 bits per heavy atom. The molecule has 2 N–H and O–H groups in total. The van der Waals surface area contributed by atoms with E-state index >= 15 is 0 Å². The van der Waals surface area contributed by atoms with Crippen LogP contribution in [0.3, 0.4) is 0 Å². The van der Waals surface area contributed by atoms with Crippen molar-refractivity contribution in [3.63, 3.8) is 0 Å². The van der Waals surface area contributed by atoms with Crippen LogP contribution in [0.2, 0.25) is 0 Å².